The molecule has 0 saturated carbocycles. The van der Waals surface area contributed by atoms with Gasteiger partial charge in [-0.3, -0.25) is 9.59 Å². The van der Waals surface area contributed by atoms with Gasteiger partial charge in [-0.2, -0.15) is 0 Å². The molecule has 0 bridgehead atoms. The normalized spacial score (nSPS) is 8.80. The molecule has 10 heavy (non-hydrogen) atoms. The molecular weight excluding hydrogens is 128 g/mol. The van der Waals surface area contributed by atoms with Crippen LogP contribution in [0.5, 0.6) is 0 Å². The van der Waals surface area contributed by atoms with E-state index >= 15 is 0 Å². The van der Waals surface area contributed by atoms with Crippen molar-refractivity contribution in [2.45, 2.75) is 0 Å². The van der Waals surface area contributed by atoms with Crippen molar-refractivity contribution >= 4 is 12.6 Å². The van der Waals surface area contributed by atoms with Crippen LogP contribution in [0.15, 0.2) is 24.3 Å². The Balaban J connectivity index is 3.09. The number of hydrogen-bond donors (Lipinski definition) is 0. The zero-order valence-corrected chi connectivity index (χ0v) is 5.13. The Morgan fingerprint density at radius 3 is 1.90 bits per heavy atom. The van der Waals surface area contributed by atoms with Crippen molar-refractivity contribution in [2.75, 3.05) is 0 Å². The first kappa shape index (κ1) is 6.68. The predicted octanol–water partition coefficient (Wildman–Crippen LogP) is 0.602. The maximum absolute atomic E-state index is 10.0. The zero-order chi connectivity index (χ0) is 7.40. The molecule has 1 aromatic rings. The molecule has 0 atom stereocenters. The highest BCUT2D eigenvalue weighted by Gasteiger charge is 1.92. The molecule has 0 N–H and O–H groups in total. The second kappa shape index (κ2) is 2.92. The number of benzene rings is 1. The Morgan fingerprint density at radius 1 is 1.00 bits per heavy atom. The minimum Gasteiger partial charge on any atom is -0.285 e. The molecule has 0 aliphatic rings. The first-order chi connectivity index (χ1) is 4.86. The van der Waals surface area contributed by atoms with Crippen LogP contribution in [-0.2, 0) is 9.59 Å². The molecule has 0 unspecified atom stereocenters. The van der Waals surface area contributed by atoms with E-state index in [-0.39, 0.29) is 0 Å². The first-order valence-corrected chi connectivity index (χ1v) is 2.73. The fourth-order valence-electron chi connectivity index (χ4n) is 0.646. The molecule has 0 aromatic heterocycles. The maximum atomic E-state index is 10.0. The standard InChI is InChI=1S/C8H4O2/c9-5-7-2-1-3-8(4-7)6-10/h1-4H. The van der Waals surface area contributed by atoms with Gasteiger partial charge in [0.1, 0.15) is 0 Å². The van der Waals surface area contributed by atoms with Crippen molar-refractivity contribution in [1.29, 1.82) is 0 Å². The summed E-state index contributed by atoms with van der Waals surface area (Å²) in [5.74, 6) is 0. The summed E-state index contributed by atoms with van der Waals surface area (Å²) in [6, 6.07) is 6.20. The molecule has 0 spiro atoms. The van der Waals surface area contributed by atoms with E-state index in [1.165, 1.54) is 6.07 Å². The minimum atomic E-state index is 0.376. The van der Waals surface area contributed by atoms with Crippen LogP contribution in [-0.4, -0.2) is 12.6 Å². The molecule has 1 aromatic carbocycles. The van der Waals surface area contributed by atoms with Gasteiger partial charge in [-0.25, -0.2) is 0 Å². The van der Waals surface area contributed by atoms with Crippen molar-refractivity contribution in [3.63, 3.8) is 0 Å². The van der Waals surface area contributed by atoms with E-state index in [0.717, 1.165) is 0 Å². The Bertz CT molecular complexity index is 230. The minimum absolute atomic E-state index is 0.376. The van der Waals surface area contributed by atoms with Crippen LogP contribution >= 0.6 is 0 Å². The molecule has 0 aliphatic heterocycles. The second-order valence-electron chi connectivity index (χ2n) is 1.78. The number of rotatable bonds is 2. The van der Waals surface area contributed by atoms with E-state index in [9.17, 15) is 9.59 Å². The second-order valence-corrected chi connectivity index (χ2v) is 1.78. The molecule has 0 fully saturated rings. The summed E-state index contributed by atoms with van der Waals surface area (Å²) in [7, 11) is 0. The lowest BCUT2D eigenvalue weighted by Gasteiger charge is -1.87. The molecule has 2 nitrogen and oxygen atoms in total. The van der Waals surface area contributed by atoms with Gasteiger partial charge in [0.25, 0.3) is 0 Å². The fraction of sp³-hybridized carbons (Fsp3) is 0. The lowest BCUT2D eigenvalue weighted by Crippen LogP contribution is -1.83. The van der Waals surface area contributed by atoms with Gasteiger partial charge in [0.2, 0.25) is 12.6 Å². The topological polar surface area (TPSA) is 34.1 Å². The van der Waals surface area contributed by atoms with Crippen LogP contribution in [0.2, 0.25) is 0 Å². The lowest BCUT2D eigenvalue weighted by molar-refractivity contribution is 0.562. The van der Waals surface area contributed by atoms with Gasteiger partial charge in [0, 0.05) is 11.1 Å². The smallest absolute Gasteiger partial charge is 0.233 e. The maximum Gasteiger partial charge on any atom is 0.233 e. The van der Waals surface area contributed by atoms with Gasteiger partial charge >= 0.3 is 0 Å². The van der Waals surface area contributed by atoms with Crippen LogP contribution in [0.1, 0.15) is 11.1 Å². The summed E-state index contributed by atoms with van der Waals surface area (Å²) in [6.45, 7) is 0. The highest BCUT2D eigenvalue weighted by atomic mass is 16.1. The summed E-state index contributed by atoms with van der Waals surface area (Å²) in [5.41, 5.74) is 0.752. The first-order valence-electron chi connectivity index (χ1n) is 2.73. The molecule has 0 amide bonds. The number of carbonyl (C=O) groups excluding carboxylic acids is 2. The lowest BCUT2D eigenvalue weighted by atomic mass is 10.2. The summed E-state index contributed by atoms with van der Waals surface area (Å²) in [5, 5.41) is 0. The average Bonchev–Trinajstić information content (AvgIpc) is 2.05. The van der Waals surface area contributed by atoms with Gasteiger partial charge in [-0.05, 0) is 6.07 Å². The SMILES string of the molecule is O=[C]c1cccc([C]=O)c1. The number of hydrogen-bond acceptors (Lipinski definition) is 2. The van der Waals surface area contributed by atoms with Crippen molar-refractivity contribution in [1.82, 2.24) is 0 Å². The van der Waals surface area contributed by atoms with Gasteiger partial charge < -0.3 is 0 Å². The summed E-state index contributed by atoms with van der Waals surface area (Å²) < 4.78 is 0. The third-order valence-electron chi connectivity index (χ3n) is 1.10. The quantitative estimate of drug-likeness (QED) is 0.590. The van der Waals surface area contributed by atoms with Gasteiger partial charge in [-0.1, -0.05) is 18.2 Å². The Labute approximate surface area is 58.5 Å². The predicted molar refractivity (Wildman–Crippen MR) is 36.0 cm³/mol. The summed E-state index contributed by atoms with van der Waals surface area (Å²) in [4.78, 5) is 20.0. The van der Waals surface area contributed by atoms with Gasteiger partial charge in [0.15, 0.2) is 0 Å². The highest BCUT2D eigenvalue weighted by Crippen LogP contribution is 1.98. The van der Waals surface area contributed by atoms with E-state index in [0.29, 0.717) is 11.1 Å². The Morgan fingerprint density at radius 2 is 1.50 bits per heavy atom. The van der Waals surface area contributed by atoms with Crippen molar-refractivity contribution < 1.29 is 9.59 Å². The molecular formula is C8H4O2. The van der Waals surface area contributed by atoms with Crippen LogP contribution in [0.3, 0.4) is 0 Å². The summed E-state index contributed by atoms with van der Waals surface area (Å²) in [6.07, 6.45) is 3.35. The monoisotopic (exact) mass is 132 g/mol. The van der Waals surface area contributed by atoms with Crippen molar-refractivity contribution in [2.24, 2.45) is 0 Å². The van der Waals surface area contributed by atoms with E-state index < -0.39 is 0 Å². The van der Waals surface area contributed by atoms with Crippen LogP contribution in [0.4, 0.5) is 0 Å². The third-order valence-corrected chi connectivity index (χ3v) is 1.10. The Kier molecular flexibility index (Phi) is 1.95. The molecule has 2 heteroatoms. The van der Waals surface area contributed by atoms with Crippen LogP contribution in [0, 0.1) is 0 Å². The van der Waals surface area contributed by atoms with Crippen molar-refractivity contribution in [3.8, 4) is 0 Å². The molecule has 48 valence electrons. The van der Waals surface area contributed by atoms with Gasteiger partial charge in [-0.15, -0.1) is 0 Å². The van der Waals surface area contributed by atoms with Crippen molar-refractivity contribution in [3.05, 3.63) is 35.4 Å². The summed E-state index contributed by atoms with van der Waals surface area (Å²) >= 11 is 0. The third kappa shape index (κ3) is 1.29. The fourth-order valence-corrected chi connectivity index (χ4v) is 0.646. The van der Waals surface area contributed by atoms with E-state index in [1.807, 2.05) is 0 Å². The zero-order valence-electron chi connectivity index (χ0n) is 5.13. The molecule has 1 rings (SSSR count). The average molecular weight is 132 g/mol. The van der Waals surface area contributed by atoms with Crippen LogP contribution < -0.4 is 0 Å². The largest absolute Gasteiger partial charge is 0.285 e. The van der Waals surface area contributed by atoms with E-state index in [4.69, 9.17) is 0 Å². The molecule has 0 aliphatic carbocycles. The Hall–Kier alpha value is -1.44. The molecule has 2 radical (unpaired) electrons. The molecule has 0 saturated heterocycles. The highest BCUT2D eigenvalue weighted by molar-refractivity contribution is 5.82. The van der Waals surface area contributed by atoms with Crippen LogP contribution in [0.25, 0.3) is 0 Å². The van der Waals surface area contributed by atoms with E-state index in [2.05, 4.69) is 0 Å². The van der Waals surface area contributed by atoms with Gasteiger partial charge in [0.05, 0.1) is 0 Å². The molecule has 0 heterocycles. The van der Waals surface area contributed by atoms with E-state index in [1.54, 1.807) is 30.8 Å².